The summed E-state index contributed by atoms with van der Waals surface area (Å²) in [5.74, 6) is 0.268. The number of allylic oxidation sites excluding steroid dienone is 10. The van der Waals surface area contributed by atoms with E-state index in [1.165, 1.54) is 22.3 Å². The Labute approximate surface area is 206 Å². The molecule has 0 fully saturated rings. The van der Waals surface area contributed by atoms with Gasteiger partial charge in [-0.2, -0.15) is 0 Å². The molecule has 3 heteroatoms. The highest BCUT2D eigenvalue weighted by molar-refractivity contribution is 7.91. The minimum absolute atomic E-state index is 0.134. The Hall–Kier alpha value is -1.61. The summed E-state index contributed by atoms with van der Waals surface area (Å²) in [5, 5.41) is 0. The van der Waals surface area contributed by atoms with Gasteiger partial charge in [0.15, 0.2) is 9.84 Å². The predicted molar refractivity (Wildman–Crippen MR) is 149 cm³/mol. The van der Waals surface area contributed by atoms with Crippen molar-refractivity contribution in [1.29, 1.82) is 0 Å². The summed E-state index contributed by atoms with van der Waals surface area (Å²) in [6.07, 6.45) is 21.1. The Morgan fingerprint density at radius 3 is 1.03 bits per heavy atom. The summed E-state index contributed by atoms with van der Waals surface area (Å²) >= 11 is 0. The second kappa shape index (κ2) is 17.8. The Balaban J connectivity index is 4.40. The van der Waals surface area contributed by atoms with Gasteiger partial charge in [0.05, 0.1) is 11.5 Å². The summed E-state index contributed by atoms with van der Waals surface area (Å²) in [4.78, 5) is 0. The minimum atomic E-state index is -3.09. The summed E-state index contributed by atoms with van der Waals surface area (Å²) in [6, 6.07) is 0. The first-order chi connectivity index (χ1) is 15.4. The van der Waals surface area contributed by atoms with E-state index in [0.29, 0.717) is 0 Å². The Bertz CT molecular complexity index is 785. The van der Waals surface area contributed by atoms with Crippen LogP contribution in [-0.4, -0.2) is 19.9 Å². The van der Waals surface area contributed by atoms with E-state index in [1.807, 2.05) is 26.0 Å². The van der Waals surface area contributed by atoms with Crippen molar-refractivity contribution in [2.45, 2.75) is 107 Å². The van der Waals surface area contributed by atoms with Crippen LogP contribution in [0.15, 0.2) is 69.9 Å². The Morgan fingerprint density at radius 1 is 0.455 bits per heavy atom. The van der Waals surface area contributed by atoms with E-state index >= 15 is 0 Å². The van der Waals surface area contributed by atoms with E-state index in [1.54, 1.807) is 0 Å². The zero-order chi connectivity index (χ0) is 25.3. The molecule has 0 radical (unpaired) electrons. The third kappa shape index (κ3) is 20.7. The largest absolute Gasteiger partial charge is 0.228 e. The third-order valence-corrected chi connectivity index (χ3v) is 6.97. The molecule has 0 spiro atoms. The number of rotatable bonds is 16. The van der Waals surface area contributed by atoms with Gasteiger partial charge in [0, 0.05) is 0 Å². The van der Waals surface area contributed by atoms with Crippen molar-refractivity contribution in [3.63, 3.8) is 0 Å². The number of sulfone groups is 1. The lowest BCUT2D eigenvalue weighted by Crippen LogP contribution is -2.08. The molecule has 0 amide bonds. The van der Waals surface area contributed by atoms with E-state index in [2.05, 4.69) is 65.8 Å². The maximum atomic E-state index is 12.4. The van der Waals surface area contributed by atoms with Gasteiger partial charge in [0.25, 0.3) is 0 Å². The minimum Gasteiger partial charge on any atom is -0.228 e. The van der Waals surface area contributed by atoms with Crippen LogP contribution in [0.1, 0.15) is 107 Å². The second-order valence-corrected chi connectivity index (χ2v) is 12.2. The van der Waals surface area contributed by atoms with E-state index in [-0.39, 0.29) is 11.5 Å². The lowest BCUT2D eigenvalue weighted by molar-refractivity contribution is 0.601. The summed E-state index contributed by atoms with van der Waals surface area (Å²) in [5.41, 5.74) is 7.86. The molecule has 0 N–H and O–H groups in total. The lowest BCUT2D eigenvalue weighted by Gasteiger charge is -2.04. The van der Waals surface area contributed by atoms with E-state index in [0.717, 1.165) is 62.5 Å². The first-order valence-corrected chi connectivity index (χ1v) is 14.3. The highest BCUT2D eigenvalue weighted by Crippen LogP contribution is 2.13. The van der Waals surface area contributed by atoms with Gasteiger partial charge in [-0.05, 0) is 107 Å². The maximum Gasteiger partial charge on any atom is 0.157 e. The van der Waals surface area contributed by atoms with Gasteiger partial charge in [-0.1, -0.05) is 69.9 Å². The van der Waals surface area contributed by atoms with Gasteiger partial charge in [-0.3, -0.25) is 0 Å². The molecule has 0 heterocycles. The zero-order valence-electron chi connectivity index (χ0n) is 22.8. The normalized spacial score (nSPS) is 13.8. The van der Waals surface area contributed by atoms with Crippen LogP contribution in [0, 0.1) is 0 Å². The molecule has 0 atom stereocenters. The van der Waals surface area contributed by atoms with Crippen molar-refractivity contribution >= 4 is 9.84 Å². The summed E-state index contributed by atoms with van der Waals surface area (Å²) in [7, 11) is -3.09. The molecular formula is C30H50O2S. The Kier molecular flexibility index (Phi) is 16.9. The highest BCUT2D eigenvalue weighted by atomic mass is 32.2. The van der Waals surface area contributed by atoms with Crippen molar-refractivity contribution in [3.05, 3.63) is 69.9 Å². The molecule has 0 aromatic heterocycles. The van der Waals surface area contributed by atoms with Gasteiger partial charge < -0.3 is 0 Å². The van der Waals surface area contributed by atoms with E-state index in [9.17, 15) is 8.42 Å². The summed E-state index contributed by atoms with van der Waals surface area (Å²) < 4.78 is 24.9. The van der Waals surface area contributed by atoms with Gasteiger partial charge in [-0.15, -0.1) is 0 Å². The quantitative estimate of drug-likeness (QED) is 0.209. The van der Waals surface area contributed by atoms with Crippen LogP contribution in [0.3, 0.4) is 0 Å². The molecule has 0 saturated heterocycles. The smallest absolute Gasteiger partial charge is 0.157 e. The fourth-order valence-electron chi connectivity index (χ4n) is 3.28. The van der Waals surface area contributed by atoms with Gasteiger partial charge >= 0.3 is 0 Å². The van der Waals surface area contributed by atoms with Gasteiger partial charge in [-0.25, -0.2) is 8.42 Å². The molecule has 0 aliphatic carbocycles. The van der Waals surface area contributed by atoms with Crippen LogP contribution in [0.5, 0.6) is 0 Å². The highest BCUT2D eigenvalue weighted by Gasteiger charge is 2.07. The first kappa shape index (κ1) is 31.4. The van der Waals surface area contributed by atoms with Gasteiger partial charge in [0.1, 0.15) is 0 Å². The molecule has 33 heavy (non-hydrogen) atoms. The molecule has 0 aromatic rings. The zero-order valence-corrected chi connectivity index (χ0v) is 23.6. The van der Waals surface area contributed by atoms with Gasteiger partial charge in [0.2, 0.25) is 0 Å². The molecule has 0 aromatic carbocycles. The van der Waals surface area contributed by atoms with E-state index < -0.39 is 9.84 Å². The predicted octanol–water partition coefficient (Wildman–Crippen LogP) is 9.24. The van der Waals surface area contributed by atoms with Crippen molar-refractivity contribution < 1.29 is 8.42 Å². The van der Waals surface area contributed by atoms with Crippen molar-refractivity contribution in [2.24, 2.45) is 0 Å². The second-order valence-electron chi connectivity index (χ2n) is 10.00. The van der Waals surface area contributed by atoms with Crippen LogP contribution >= 0.6 is 0 Å². The topological polar surface area (TPSA) is 34.1 Å². The van der Waals surface area contributed by atoms with Crippen LogP contribution in [0.2, 0.25) is 0 Å². The van der Waals surface area contributed by atoms with Crippen LogP contribution in [0.4, 0.5) is 0 Å². The average Bonchev–Trinajstić information content (AvgIpc) is 2.70. The molecule has 0 saturated carbocycles. The molecule has 2 nitrogen and oxygen atoms in total. The fourth-order valence-corrected chi connectivity index (χ4v) is 4.50. The van der Waals surface area contributed by atoms with Crippen LogP contribution < -0.4 is 0 Å². The maximum absolute atomic E-state index is 12.4. The number of hydrogen-bond donors (Lipinski definition) is 0. The molecule has 0 rings (SSSR count). The molecular weight excluding hydrogens is 424 g/mol. The monoisotopic (exact) mass is 474 g/mol. The van der Waals surface area contributed by atoms with Crippen LogP contribution in [-0.2, 0) is 9.84 Å². The molecule has 0 aliphatic heterocycles. The first-order valence-electron chi connectivity index (χ1n) is 12.5. The number of hydrogen-bond acceptors (Lipinski definition) is 2. The van der Waals surface area contributed by atoms with Crippen LogP contribution in [0.25, 0.3) is 0 Å². The molecule has 188 valence electrons. The Morgan fingerprint density at radius 2 is 0.727 bits per heavy atom. The van der Waals surface area contributed by atoms with E-state index in [4.69, 9.17) is 0 Å². The fraction of sp³-hybridized carbons (Fsp3) is 0.600. The summed E-state index contributed by atoms with van der Waals surface area (Å²) in [6.45, 7) is 17.0. The molecule has 0 bridgehead atoms. The van der Waals surface area contributed by atoms with Crippen molar-refractivity contribution in [2.75, 3.05) is 11.5 Å². The molecule has 0 unspecified atom stereocenters. The SMILES string of the molecule is CC(C)=CCCC(C)=CCCC(C)=CCS(=O)(=O)C/C=C(\C)CC/C=C(\C)CCC=C(C)C. The standard InChI is InChI=1S/C30H50O2S/c1-25(2)13-9-15-27(5)17-11-19-29(7)21-23-33(31,32)24-22-30(8)20-12-18-28(6)16-10-14-26(3)4/h13-14,17-18,21-22H,9-12,15-16,19-20,23-24H2,1-8H3/b27-17+,28-18?,29-21+,30-22?. The van der Waals surface area contributed by atoms with Crippen molar-refractivity contribution in [1.82, 2.24) is 0 Å². The third-order valence-electron chi connectivity index (χ3n) is 5.62. The van der Waals surface area contributed by atoms with Crippen molar-refractivity contribution in [3.8, 4) is 0 Å². The molecule has 0 aliphatic rings. The lowest BCUT2D eigenvalue weighted by atomic mass is 10.1. The average molecular weight is 475 g/mol.